The van der Waals surface area contributed by atoms with E-state index in [1.54, 1.807) is 24.3 Å². The van der Waals surface area contributed by atoms with E-state index in [9.17, 15) is 9.59 Å². The van der Waals surface area contributed by atoms with Crippen molar-refractivity contribution in [1.82, 2.24) is 5.32 Å². The molecule has 0 spiro atoms. The van der Waals surface area contributed by atoms with Gasteiger partial charge in [-0.05, 0) is 61.9 Å². The maximum absolute atomic E-state index is 12.5. The molecule has 5 heteroatoms. The van der Waals surface area contributed by atoms with Crippen LogP contribution in [0.25, 0.3) is 6.08 Å². The first kappa shape index (κ1) is 19.0. The van der Waals surface area contributed by atoms with Gasteiger partial charge in [0.15, 0.2) is 11.5 Å². The van der Waals surface area contributed by atoms with E-state index in [0.29, 0.717) is 23.5 Å². The number of allylic oxidation sites excluding steroid dienone is 1. The number of carbonyl (C=O) groups is 2. The Labute approximate surface area is 170 Å². The van der Waals surface area contributed by atoms with Gasteiger partial charge < -0.3 is 15.4 Å². The Morgan fingerprint density at radius 2 is 2.00 bits per heavy atom. The van der Waals surface area contributed by atoms with Crippen molar-refractivity contribution in [3.8, 4) is 5.75 Å². The number of hydrogen-bond acceptors (Lipinski definition) is 3. The van der Waals surface area contributed by atoms with Crippen molar-refractivity contribution < 1.29 is 14.3 Å². The van der Waals surface area contributed by atoms with E-state index >= 15 is 0 Å². The molecule has 0 unspecified atom stereocenters. The van der Waals surface area contributed by atoms with Crippen LogP contribution < -0.4 is 15.4 Å². The Hall–Kier alpha value is -3.34. The van der Waals surface area contributed by atoms with Crippen molar-refractivity contribution >= 4 is 23.6 Å². The van der Waals surface area contributed by atoms with Gasteiger partial charge in [-0.1, -0.05) is 42.0 Å². The van der Waals surface area contributed by atoms with Crippen molar-refractivity contribution in [2.24, 2.45) is 0 Å². The summed E-state index contributed by atoms with van der Waals surface area (Å²) >= 11 is 0. The zero-order chi connectivity index (χ0) is 20.1. The van der Waals surface area contributed by atoms with E-state index in [4.69, 9.17) is 4.74 Å². The fraction of sp³-hybridized carbons (Fsp3) is 0.250. The van der Waals surface area contributed by atoms with Gasteiger partial charge in [0, 0.05) is 12.1 Å². The van der Waals surface area contributed by atoms with Crippen molar-refractivity contribution in [1.29, 1.82) is 0 Å². The van der Waals surface area contributed by atoms with Crippen LogP contribution in [0.2, 0.25) is 0 Å². The summed E-state index contributed by atoms with van der Waals surface area (Å²) in [5.74, 6) is 0.268. The number of anilines is 1. The minimum absolute atomic E-state index is 0.149. The lowest BCUT2D eigenvalue weighted by molar-refractivity contribution is -0.115. The molecule has 4 rings (SSSR count). The maximum Gasteiger partial charge on any atom is 0.291 e. The van der Waals surface area contributed by atoms with Gasteiger partial charge >= 0.3 is 0 Å². The second kappa shape index (κ2) is 8.78. The van der Waals surface area contributed by atoms with Gasteiger partial charge in [-0.25, -0.2) is 0 Å². The van der Waals surface area contributed by atoms with Crippen LogP contribution in [0.3, 0.4) is 0 Å². The molecule has 0 radical (unpaired) electrons. The standard InChI is InChI=1S/C24H24N2O3/c27-23(25-14-13-17-7-3-1-4-8-17)19-11-12-21-20(16-19)26-24(28)22(29-21)15-18-9-5-2-6-10-18/h2,5-7,9-12,15-16H,1,3-4,8,13-14H2,(H,25,27)(H,26,28). The average molecular weight is 388 g/mol. The topological polar surface area (TPSA) is 67.4 Å². The van der Waals surface area contributed by atoms with Crippen molar-refractivity contribution in [2.75, 3.05) is 11.9 Å². The summed E-state index contributed by atoms with van der Waals surface area (Å²) in [5.41, 5.74) is 3.31. The Kier molecular flexibility index (Phi) is 5.75. The van der Waals surface area contributed by atoms with E-state index in [-0.39, 0.29) is 17.6 Å². The molecule has 5 nitrogen and oxygen atoms in total. The van der Waals surface area contributed by atoms with Crippen molar-refractivity contribution in [3.05, 3.63) is 77.1 Å². The number of benzene rings is 2. The number of carbonyl (C=O) groups excluding carboxylic acids is 2. The number of fused-ring (bicyclic) bond motifs is 1. The smallest absolute Gasteiger partial charge is 0.291 e. The molecule has 2 aromatic carbocycles. The Bertz CT molecular complexity index is 977. The lowest BCUT2D eigenvalue weighted by atomic mass is 9.97. The van der Waals surface area contributed by atoms with Gasteiger partial charge in [0.05, 0.1) is 5.69 Å². The zero-order valence-electron chi connectivity index (χ0n) is 16.2. The summed E-state index contributed by atoms with van der Waals surface area (Å²) in [7, 11) is 0. The van der Waals surface area contributed by atoms with Gasteiger partial charge in [0.2, 0.25) is 0 Å². The lowest BCUT2D eigenvalue weighted by Gasteiger charge is -2.20. The van der Waals surface area contributed by atoms with Crippen LogP contribution in [0.5, 0.6) is 5.75 Å². The summed E-state index contributed by atoms with van der Waals surface area (Å²) in [5, 5.41) is 5.77. The van der Waals surface area contributed by atoms with Gasteiger partial charge in [0.25, 0.3) is 11.8 Å². The second-order valence-corrected chi connectivity index (χ2v) is 7.30. The minimum Gasteiger partial charge on any atom is -0.449 e. The normalized spacial score (nSPS) is 17.0. The third-order valence-corrected chi connectivity index (χ3v) is 5.15. The number of hydrogen-bond donors (Lipinski definition) is 2. The fourth-order valence-electron chi connectivity index (χ4n) is 3.57. The van der Waals surface area contributed by atoms with Gasteiger partial charge in [-0.2, -0.15) is 0 Å². The highest BCUT2D eigenvalue weighted by atomic mass is 16.5. The average Bonchev–Trinajstić information content (AvgIpc) is 2.75. The molecule has 148 valence electrons. The highest BCUT2D eigenvalue weighted by Gasteiger charge is 2.23. The molecule has 0 atom stereocenters. The Morgan fingerprint density at radius 3 is 2.79 bits per heavy atom. The molecular formula is C24H24N2O3. The summed E-state index contributed by atoms with van der Waals surface area (Å²) in [6, 6.07) is 14.6. The number of nitrogens with one attached hydrogen (secondary N) is 2. The third-order valence-electron chi connectivity index (χ3n) is 5.15. The van der Waals surface area contributed by atoms with E-state index in [0.717, 1.165) is 24.8 Å². The molecule has 0 aromatic heterocycles. The van der Waals surface area contributed by atoms with Crippen LogP contribution in [-0.4, -0.2) is 18.4 Å². The number of amides is 2. The van der Waals surface area contributed by atoms with Gasteiger partial charge in [0.1, 0.15) is 0 Å². The molecule has 0 bridgehead atoms. The summed E-state index contributed by atoms with van der Waals surface area (Å²) in [6.07, 6.45) is 9.67. The first-order chi connectivity index (χ1) is 14.2. The zero-order valence-corrected chi connectivity index (χ0v) is 16.2. The van der Waals surface area contributed by atoms with E-state index in [2.05, 4.69) is 16.7 Å². The van der Waals surface area contributed by atoms with Crippen molar-refractivity contribution in [2.45, 2.75) is 32.1 Å². The quantitative estimate of drug-likeness (QED) is 0.577. The lowest BCUT2D eigenvalue weighted by Crippen LogP contribution is -2.26. The highest BCUT2D eigenvalue weighted by Crippen LogP contribution is 2.32. The monoisotopic (exact) mass is 388 g/mol. The molecule has 1 heterocycles. The maximum atomic E-state index is 12.5. The number of rotatable bonds is 5. The van der Waals surface area contributed by atoms with E-state index in [1.165, 1.54) is 18.4 Å². The summed E-state index contributed by atoms with van der Waals surface area (Å²) < 4.78 is 5.75. The molecule has 0 saturated carbocycles. The Balaban J connectivity index is 1.41. The molecule has 1 aliphatic heterocycles. The molecular weight excluding hydrogens is 364 g/mol. The van der Waals surface area contributed by atoms with Crippen LogP contribution in [0, 0.1) is 0 Å². The second-order valence-electron chi connectivity index (χ2n) is 7.30. The van der Waals surface area contributed by atoms with Crippen LogP contribution in [-0.2, 0) is 4.79 Å². The molecule has 0 fully saturated rings. The molecule has 29 heavy (non-hydrogen) atoms. The summed E-state index contributed by atoms with van der Waals surface area (Å²) in [6.45, 7) is 0.620. The molecule has 0 saturated heterocycles. The van der Waals surface area contributed by atoms with Crippen LogP contribution in [0.15, 0.2) is 65.9 Å². The predicted octanol–water partition coefficient (Wildman–Crippen LogP) is 4.68. The molecule has 2 aromatic rings. The fourth-order valence-corrected chi connectivity index (χ4v) is 3.57. The molecule has 2 amide bonds. The molecule has 1 aliphatic carbocycles. The predicted molar refractivity (Wildman–Crippen MR) is 114 cm³/mol. The largest absolute Gasteiger partial charge is 0.449 e. The summed E-state index contributed by atoms with van der Waals surface area (Å²) in [4.78, 5) is 24.8. The third kappa shape index (κ3) is 4.74. The number of ether oxygens (including phenoxy) is 1. The van der Waals surface area contributed by atoms with E-state index < -0.39 is 0 Å². The van der Waals surface area contributed by atoms with Crippen LogP contribution in [0.1, 0.15) is 48.0 Å². The Morgan fingerprint density at radius 1 is 1.14 bits per heavy atom. The minimum atomic E-state index is -0.330. The van der Waals surface area contributed by atoms with Crippen molar-refractivity contribution in [3.63, 3.8) is 0 Å². The molecule has 2 N–H and O–H groups in total. The van der Waals surface area contributed by atoms with Gasteiger partial charge in [-0.3, -0.25) is 9.59 Å². The van der Waals surface area contributed by atoms with Crippen LogP contribution >= 0.6 is 0 Å². The highest BCUT2D eigenvalue weighted by molar-refractivity contribution is 6.09. The first-order valence-corrected chi connectivity index (χ1v) is 10.1. The SMILES string of the molecule is O=C1Nc2cc(C(=O)NCCC3=CCCCC3)ccc2OC1=Cc1ccccc1. The first-order valence-electron chi connectivity index (χ1n) is 10.1. The van der Waals surface area contributed by atoms with Gasteiger partial charge in [-0.15, -0.1) is 0 Å². The van der Waals surface area contributed by atoms with Crippen LogP contribution in [0.4, 0.5) is 5.69 Å². The van der Waals surface area contributed by atoms with E-state index in [1.807, 2.05) is 30.3 Å². The molecule has 2 aliphatic rings.